The van der Waals surface area contributed by atoms with Crippen LogP contribution in [0, 0.1) is 13.8 Å². The van der Waals surface area contributed by atoms with Gasteiger partial charge in [0.15, 0.2) is 5.82 Å². The van der Waals surface area contributed by atoms with Crippen LogP contribution in [-0.4, -0.2) is 36.6 Å². The molecule has 0 unspecified atom stereocenters. The number of amides is 1. The standard InChI is InChI=1S/C12H17N7O2/c1-7-10(4-13)8(2)19(16-7)12(21)6-18-5-11(15-17-18)14-9(3)20/h5H,4,6,13H2,1-3H3,(H,14,20). The highest BCUT2D eigenvalue weighted by Crippen LogP contribution is 2.12. The van der Waals surface area contributed by atoms with E-state index in [-0.39, 0.29) is 18.4 Å². The van der Waals surface area contributed by atoms with E-state index in [1.54, 1.807) is 6.92 Å². The third kappa shape index (κ3) is 3.14. The first kappa shape index (κ1) is 14.9. The Labute approximate surface area is 121 Å². The second-order valence-electron chi connectivity index (χ2n) is 4.64. The van der Waals surface area contributed by atoms with Gasteiger partial charge in [-0.1, -0.05) is 5.21 Å². The highest BCUT2D eigenvalue weighted by Gasteiger charge is 2.16. The molecule has 0 aromatic carbocycles. The first-order valence-electron chi connectivity index (χ1n) is 6.38. The molecule has 0 radical (unpaired) electrons. The zero-order valence-corrected chi connectivity index (χ0v) is 12.1. The van der Waals surface area contributed by atoms with Crippen LogP contribution in [0.2, 0.25) is 0 Å². The topological polar surface area (TPSA) is 121 Å². The van der Waals surface area contributed by atoms with Crippen molar-refractivity contribution in [2.75, 3.05) is 5.32 Å². The highest BCUT2D eigenvalue weighted by atomic mass is 16.2. The van der Waals surface area contributed by atoms with Crippen LogP contribution in [0.25, 0.3) is 0 Å². The van der Waals surface area contributed by atoms with Gasteiger partial charge in [-0.15, -0.1) is 5.10 Å². The molecule has 9 nitrogen and oxygen atoms in total. The summed E-state index contributed by atoms with van der Waals surface area (Å²) in [5.74, 6) is -0.208. The second kappa shape index (κ2) is 5.83. The van der Waals surface area contributed by atoms with Crippen molar-refractivity contribution >= 4 is 17.6 Å². The molecule has 2 aromatic rings. The largest absolute Gasteiger partial charge is 0.326 e. The summed E-state index contributed by atoms with van der Waals surface area (Å²) in [6.07, 6.45) is 1.48. The molecule has 0 fully saturated rings. The fourth-order valence-corrected chi connectivity index (χ4v) is 2.03. The number of nitrogens with zero attached hydrogens (tertiary/aromatic N) is 5. The molecule has 1 amide bonds. The Kier molecular flexibility index (Phi) is 4.13. The van der Waals surface area contributed by atoms with Crippen LogP contribution < -0.4 is 11.1 Å². The lowest BCUT2D eigenvalue weighted by Gasteiger charge is -2.03. The minimum absolute atomic E-state index is 0.0292. The predicted octanol–water partition coefficient (Wildman–Crippen LogP) is -0.151. The van der Waals surface area contributed by atoms with Gasteiger partial charge in [0.05, 0.1) is 11.9 Å². The molecule has 0 saturated carbocycles. The van der Waals surface area contributed by atoms with E-state index in [2.05, 4.69) is 20.7 Å². The molecule has 2 rings (SSSR count). The van der Waals surface area contributed by atoms with Crippen LogP contribution in [0.1, 0.15) is 28.7 Å². The fourth-order valence-electron chi connectivity index (χ4n) is 2.03. The maximum atomic E-state index is 12.2. The van der Waals surface area contributed by atoms with Crippen molar-refractivity contribution in [3.8, 4) is 0 Å². The first-order valence-corrected chi connectivity index (χ1v) is 6.38. The van der Waals surface area contributed by atoms with E-state index in [0.717, 1.165) is 17.0 Å². The van der Waals surface area contributed by atoms with Crippen molar-refractivity contribution in [1.29, 1.82) is 0 Å². The van der Waals surface area contributed by atoms with Crippen molar-refractivity contribution in [2.24, 2.45) is 5.73 Å². The first-order chi connectivity index (χ1) is 9.92. The maximum Gasteiger partial charge on any atom is 0.268 e. The second-order valence-corrected chi connectivity index (χ2v) is 4.64. The molecule has 0 aliphatic heterocycles. The molecule has 0 aliphatic rings. The molecule has 0 bridgehead atoms. The molecule has 0 saturated heterocycles. The van der Waals surface area contributed by atoms with Crippen LogP contribution in [0.4, 0.5) is 5.82 Å². The maximum absolute atomic E-state index is 12.2. The van der Waals surface area contributed by atoms with Gasteiger partial charge in [0, 0.05) is 24.7 Å². The van der Waals surface area contributed by atoms with Crippen LogP contribution in [0.5, 0.6) is 0 Å². The lowest BCUT2D eigenvalue weighted by molar-refractivity contribution is -0.114. The Hall–Kier alpha value is -2.55. The molecular weight excluding hydrogens is 274 g/mol. The van der Waals surface area contributed by atoms with E-state index in [9.17, 15) is 9.59 Å². The number of anilines is 1. The van der Waals surface area contributed by atoms with E-state index >= 15 is 0 Å². The summed E-state index contributed by atoms with van der Waals surface area (Å²) in [6.45, 7) is 5.28. The average molecular weight is 291 g/mol. The average Bonchev–Trinajstić information content (AvgIpc) is 2.93. The van der Waals surface area contributed by atoms with Gasteiger partial charge in [-0.05, 0) is 13.8 Å². The predicted molar refractivity (Wildman–Crippen MR) is 74.5 cm³/mol. The van der Waals surface area contributed by atoms with E-state index in [0.29, 0.717) is 12.4 Å². The van der Waals surface area contributed by atoms with Gasteiger partial charge in [0.25, 0.3) is 5.91 Å². The number of nitrogens with one attached hydrogen (secondary N) is 1. The van der Waals surface area contributed by atoms with Gasteiger partial charge in [-0.3, -0.25) is 9.59 Å². The van der Waals surface area contributed by atoms with Gasteiger partial charge in [-0.25, -0.2) is 9.36 Å². The summed E-state index contributed by atoms with van der Waals surface area (Å²) < 4.78 is 2.66. The Morgan fingerprint density at radius 2 is 2.10 bits per heavy atom. The van der Waals surface area contributed by atoms with E-state index in [4.69, 9.17) is 5.73 Å². The molecule has 0 atom stereocenters. The number of carbonyl (C=O) groups is 2. The summed E-state index contributed by atoms with van der Waals surface area (Å²) in [7, 11) is 0. The number of nitrogens with two attached hydrogens (primary N) is 1. The Bertz CT molecular complexity index is 686. The summed E-state index contributed by atoms with van der Waals surface area (Å²) in [4.78, 5) is 23.1. The van der Waals surface area contributed by atoms with Gasteiger partial charge in [0.1, 0.15) is 6.54 Å². The normalized spacial score (nSPS) is 10.7. The van der Waals surface area contributed by atoms with Crippen molar-refractivity contribution in [2.45, 2.75) is 33.9 Å². The molecule has 0 spiro atoms. The van der Waals surface area contributed by atoms with E-state index < -0.39 is 0 Å². The number of hydrogen-bond acceptors (Lipinski definition) is 6. The zero-order valence-electron chi connectivity index (χ0n) is 12.1. The Balaban J connectivity index is 2.14. The monoisotopic (exact) mass is 291 g/mol. The smallest absolute Gasteiger partial charge is 0.268 e. The summed E-state index contributed by atoms with van der Waals surface area (Å²) >= 11 is 0. The highest BCUT2D eigenvalue weighted by molar-refractivity contribution is 5.87. The Morgan fingerprint density at radius 1 is 1.38 bits per heavy atom. The number of aromatic nitrogens is 5. The molecule has 2 aromatic heterocycles. The van der Waals surface area contributed by atoms with Crippen LogP contribution >= 0.6 is 0 Å². The van der Waals surface area contributed by atoms with Crippen molar-refractivity contribution in [3.05, 3.63) is 23.1 Å². The minimum Gasteiger partial charge on any atom is -0.326 e. The molecule has 9 heteroatoms. The third-order valence-corrected chi connectivity index (χ3v) is 3.02. The van der Waals surface area contributed by atoms with Crippen molar-refractivity contribution < 1.29 is 9.59 Å². The van der Waals surface area contributed by atoms with Crippen LogP contribution in [-0.2, 0) is 17.9 Å². The number of carbonyl (C=O) groups excluding carboxylic acids is 2. The summed E-state index contributed by atoms with van der Waals surface area (Å²) in [5.41, 5.74) is 7.96. The molecule has 3 N–H and O–H groups in total. The quantitative estimate of drug-likeness (QED) is 0.808. The number of hydrogen-bond donors (Lipinski definition) is 2. The van der Waals surface area contributed by atoms with E-state index in [1.807, 2.05) is 6.92 Å². The summed E-state index contributed by atoms with van der Waals surface area (Å²) in [5, 5.41) is 14.2. The lowest BCUT2D eigenvalue weighted by Crippen LogP contribution is -2.21. The lowest BCUT2D eigenvalue weighted by atomic mass is 10.2. The molecular formula is C12H17N7O2. The number of rotatable bonds is 4. The van der Waals surface area contributed by atoms with Gasteiger partial charge in [0.2, 0.25) is 5.91 Å². The Morgan fingerprint density at radius 3 is 2.67 bits per heavy atom. The summed E-state index contributed by atoms with van der Waals surface area (Å²) in [6, 6.07) is 0. The van der Waals surface area contributed by atoms with E-state index in [1.165, 1.54) is 22.5 Å². The molecule has 2 heterocycles. The van der Waals surface area contributed by atoms with Crippen molar-refractivity contribution in [3.63, 3.8) is 0 Å². The van der Waals surface area contributed by atoms with Gasteiger partial charge in [-0.2, -0.15) is 5.10 Å². The van der Waals surface area contributed by atoms with Crippen LogP contribution in [0.3, 0.4) is 0 Å². The van der Waals surface area contributed by atoms with Gasteiger partial charge < -0.3 is 11.1 Å². The van der Waals surface area contributed by atoms with Gasteiger partial charge >= 0.3 is 0 Å². The third-order valence-electron chi connectivity index (χ3n) is 3.02. The SMILES string of the molecule is CC(=O)Nc1cn(CC(=O)n2nc(C)c(CN)c2C)nn1. The minimum atomic E-state index is -0.255. The molecule has 21 heavy (non-hydrogen) atoms. The van der Waals surface area contributed by atoms with Crippen molar-refractivity contribution in [1.82, 2.24) is 24.8 Å². The molecule has 112 valence electrons. The zero-order chi connectivity index (χ0) is 15.6. The molecule has 0 aliphatic carbocycles. The number of aryl methyl sites for hydroxylation is 1. The van der Waals surface area contributed by atoms with Crippen LogP contribution in [0.15, 0.2) is 6.20 Å². The fraction of sp³-hybridized carbons (Fsp3) is 0.417.